The first-order valence-electron chi connectivity index (χ1n) is 17.3. The fraction of sp³-hybridized carbons (Fsp3) is 1.00. The Hall–Kier alpha value is 0.155. The molecule has 209 valence electrons. The zero-order valence-corrected chi connectivity index (χ0v) is 25.8. The van der Waals surface area contributed by atoms with Crippen LogP contribution < -0.4 is 0 Å². The predicted octanol–water partition coefficient (Wildman–Crippen LogP) is 10.5. The van der Waals surface area contributed by atoms with Crippen molar-refractivity contribution in [3.05, 3.63) is 0 Å². The van der Waals surface area contributed by atoms with E-state index in [1.165, 1.54) is 173 Å². The van der Waals surface area contributed by atoms with Crippen molar-refractivity contribution in [2.75, 3.05) is 6.54 Å². The highest BCUT2D eigenvalue weighted by Gasteiger charge is 2.40. The molecule has 0 spiro atoms. The average molecular weight is 506 g/mol. The van der Waals surface area contributed by atoms with Gasteiger partial charge in [-0.1, -0.05) is 185 Å². The van der Waals surface area contributed by atoms with Gasteiger partial charge >= 0.3 is 0 Å². The van der Waals surface area contributed by atoms with E-state index in [1.54, 1.807) is 0 Å². The van der Waals surface area contributed by atoms with E-state index in [4.69, 9.17) is 0 Å². The zero-order valence-electron chi connectivity index (χ0n) is 25.8. The van der Waals surface area contributed by atoms with Crippen LogP contribution in [0.1, 0.15) is 188 Å². The van der Waals surface area contributed by atoms with Crippen LogP contribution >= 0.6 is 0 Å². The van der Waals surface area contributed by atoms with Gasteiger partial charge in [0.2, 0.25) is 0 Å². The third-order valence-corrected chi connectivity index (χ3v) is 10.5. The van der Waals surface area contributed by atoms with E-state index in [-0.39, 0.29) is 5.44 Å². The Morgan fingerprint density at radius 3 is 1.22 bits per heavy atom. The largest absolute Gasteiger partial charge is 0.357 e. The quantitative estimate of drug-likeness (QED) is 0.335. The molecule has 3 rings (SSSR count). The fourth-order valence-electron chi connectivity index (χ4n) is 7.91. The van der Waals surface area contributed by atoms with E-state index in [0.29, 0.717) is 10.6 Å². The van der Waals surface area contributed by atoms with Crippen molar-refractivity contribution in [1.29, 1.82) is 0 Å². The van der Waals surface area contributed by atoms with Crippen LogP contribution in [0.2, 0.25) is 10.6 Å². The Kier molecular flexibility index (Phi) is 14.6. The van der Waals surface area contributed by atoms with Crippen LogP contribution in [-0.4, -0.2) is 38.5 Å². The van der Waals surface area contributed by atoms with Gasteiger partial charge in [-0.05, 0) is 24.8 Å². The number of hydrogen-bond acceptors (Lipinski definition) is 1. The molecule has 1 aliphatic heterocycles. The molecule has 0 N–H and O–H groups in total. The molecule has 0 bridgehead atoms. The predicted molar refractivity (Wildman–Crippen MR) is 169 cm³/mol. The van der Waals surface area contributed by atoms with E-state index in [2.05, 4.69) is 47.3 Å². The molecule has 1 nitrogen and oxygen atoms in total. The molecule has 1 atom stereocenters. The maximum absolute atomic E-state index is 2.91. The number of rotatable bonds is 5. The molecule has 0 aromatic heterocycles. The average Bonchev–Trinajstić information content (AvgIpc) is 2.89. The summed E-state index contributed by atoms with van der Waals surface area (Å²) in [4.78, 5) is 2.85. The molecule has 3 radical (unpaired) electrons. The minimum Gasteiger partial charge on any atom is -0.357 e. The third kappa shape index (κ3) is 12.1. The van der Waals surface area contributed by atoms with E-state index >= 15 is 0 Å². The molecule has 3 fully saturated rings. The molecular formula is C33H63B3N. The second-order valence-corrected chi connectivity index (χ2v) is 14.5. The molecule has 4 heteroatoms. The summed E-state index contributed by atoms with van der Waals surface area (Å²) < 4.78 is 0. The van der Waals surface area contributed by atoms with Crippen molar-refractivity contribution in [2.24, 2.45) is 0 Å². The van der Waals surface area contributed by atoms with Crippen LogP contribution in [0.15, 0.2) is 0 Å². The Morgan fingerprint density at radius 2 is 0.757 bits per heavy atom. The summed E-state index contributed by atoms with van der Waals surface area (Å²) in [6.45, 7) is 9.09. The summed E-state index contributed by atoms with van der Waals surface area (Å²) in [6, 6.07) is 0. The van der Waals surface area contributed by atoms with Crippen LogP contribution in [0.25, 0.3) is 0 Å². The Bertz CT molecular complexity index is 572. The first kappa shape index (κ1) is 31.7. The summed E-state index contributed by atoms with van der Waals surface area (Å²) in [6.07, 6.45) is 37.1. The number of nitrogens with zero attached hydrogens (tertiary/aromatic N) is 1. The Labute approximate surface area is 236 Å². The minimum absolute atomic E-state index is 0.194. The molecule has 37 heavy (non-hydrogen) atoms. The van der Waals surface area contributed by atoms with E-state index in [0.717, 1.165) is 0 Å². The summed E-state index contributed by atoms with van der Waals surface area (Å²) in [5.41, 5.74) is 0.194. The van der Waals surface area contributed by atoms with Crippen molar-refractivity contribution >= 4 is 21.8 Å². The van der Waals surface area contributed by atoms with Gasteiger partial charge in [-0.25, -0.2) is 0 Å². The van der Waals surface area contributed by atoms with Gasteiger partial charge in [-0.2, -0.15) is 0 Å². The van der Waals surface area contributed by atoms with Gasteiger partial charge in [0.15, 0.2) is 7.31 Å². The molecular weight excluding hydrogens is 443 g/mol. The van der Waals surface area contributed by atoms with Crippen molar-refractivity contribution in [2.45, 2.75) is 204 Å². The summed E-state index contributed by atoms with van der Waals surface area (Å²) in [7, 11) is 8.25. The fourth-order valence-corrected chi connectivity index (χ4v) is 7.91. The highest BCUT2D eigenvalue weighted by atomic mass is 15.1. The maximum atomic E-state index is 2.91. The lowest BCUT2D eigenvalue weighted by Gasteiger charge is -2.48. The molecule has 0 amide bonds. The van der Waals surface area contributed by atoms with Crippen LogP contribution in [0.5, 0.6) is 0 Å². The van der Waals surface area contributed by atoms with Crippen LogP contribution in [-0.2, 0) is 0 Å². The van der Waals surface area contributed by atoms with Gasteiger partial charge in [0.1, 0.15) is 7.28 Å². The first-order valence-corrected chi connectivity index (χ1v) is 17.3. The zero-order chi connectivity index (χ0) is 26.3. The molecule has 2 aliphatic carbocycles. The molecule has 1 heterocycles. The Morgan fingerprint density at radius 1 is 0.405 bits per heavy atom. The first-order chi connectivity index (χ1) is 17.9. The minimum atomic E-state index is 0.194. The van der Waals surface area contributed by atoms with E-state index in [9.17, 15) is 0 Å². The van der Waals surface area contributed by atoms with Gasteiger partial charge in [0, 0.05) is 0 Å². The van der Waals surface area contributed by atoms with Crippen molar-refractivity contribution in [3.63, 3.8) is 0 Å². The second-order valence-electron chi connectivity index (χ2n) is 14.5. The summed E-state index contributed by atoms with van der Waals surface area (Å²) in [5, 5.41) is 0.764. The lowest BCUT2D eigenvalue weighted by Crippen LogP contribution is -2.57. The Balaban J connectivity index is 1.71. The molecule has 0 aromatic carbocycles. The van der Waals surface area contributed by atoms with Gasteiger partial charge in [-0.15, -0.1) is 0 Å². The highest BCUT2D eigenvalue weighted by Crippen LogP contribution is 2.44. The van der Waals surface area contributed by atoms with E-state index < -0.39 is 0 Å². The number of hydrogen-bond donors (Lipinski definition) is 0. The molecule has 0 aromatic rings. The maximum Gasteiger partial charge on any atom is 0.160 e. The molecule has 1 unspecified atom stereocenters. The monoisotopic (exact) mass is 507 g/mol. The lowest BCUT2D eigenvalue weighted by molar-refractivity contribution is 0.274. The van der Waals surface area contributed by atoms with Gasteiger partial charge < -0.3 is 4.81 Å². The molecule has 2 saturated carbocycles. The van der Waals surface area contributed by atoms with Crippen LogP contribution in [0.4, 0.5) is 0 Å². The van der Waals surface area contributed by atoms with Crippen molar-refractivity contribution < 1.29 is 0 Å². The lowest BCUT2D eigenvalue weighted by atomic mass is 9.29. The topological polar surface area (TPSA) is 3.24 Å². The SMILES string of the molecule is CC1([B][B]N2CCCCCCCC2(C)[B]C2(C)CCCCCCCCCC2)CCCCCCCCCC1. The summed E-state index contributed by atoms with van der Waals surface area (Å²) in [5.74, 6) is 0. The highest BCUT2D eigenvalue weighted by molar-refractivity contribution is 7.00. The normalized spacial score (nSPS) is 30.2. The standard InChI is InChI=1S/C33H63B3N/c1-31(25-19-13-8-4-5-9-14-20-26-31)34-33(3)29-23-17-12-18-24-30-37(33)36-35-32(2)27-21-15-10-6-7-11-16-22-28-32/h4-30H2,1-3H3. The third-order valence-electron chi connectivity index (χ3n) is 10.5. The van der Waals surface area contributed by atoms with Crippen molar-refractivity contribution in [3.8, 4) is 0 Å². The van der Waals surface area contributed by atoms with Crippen molar-refractivity contribution in [1.82, 2.24) is 4.81 Å². The second kappa shape index (κ2) is 17.1. The van der Waals surface area contributed by atoms with Gasteiger partial charge in [-0.3, -0.25) is 0 Å². The van der Waals surface area contributed by atoms with Crippen LogP contribution in [0, 0.1) is 0 Å². The molecule has 3 aliphatic rings. The molecule has 1 saturated heterocycles. The smallest absolute Gasteiger partial charge is 0.160 e. The van der Waals surface area contributed by atoms with Gasteiger partial charge in [0.25, 0.3) is 0 Å². The summed E-state index contributed by atoms with van der Waals surface area (Å²) >= 11 is 0. The van der Waals surface area contributed by atoms with Crippen LogP contribution in [0.3, 0.4) is 0 Å². The van der Waals surface area contributed by atoms with E-state index in [1.807, 2.05) is 0 Å². The van der Waals surface area contributed by atoms with Gasteiger partial charge in [0.05, 0.1) is 7.17 Å².